The smallest absolute Gasteiger partial charge is 0.0538 e. The van der Waals surface area contributed by atoms with Crippen molar-refractivity contribution >= 4 is 0 Å². The summed E-state index contributed by atoms with van der Waals surface area (Å²) < 4.78 is 1.88. The SMILES string of the molecule is CC(N)C(c1cnn(C)c1)N1CC2CCCCN2CC1C. The highest BCUT2D eigenvalue weighted by molar-refractivity contribution is 5.14. The van der Waals surface area contributed by atoms with Crippen molar-refractivity contribution < 1.29 is 0 Å². The number of aryl methyl sites for hydroxylation is 1. The molecule has 4 atom stereocenters. The van der Waals surface area contributed by atoms with Gasteiger partial charge in [-0.05, 0) is 33.2 Å². The van der Waals surface area contributed by atoms with E-state index in [0.717, 1.165) is 6.54 Å². The van der Waals surface area contributed by atoms with Crippen LogP contribution in [0.4, 0.5) is 0 Å². The zero-order chi connectivity index (χ0) is 15.0. The molecule has 0 saturated carbocycles. The van der Waals surface area contributed by atoms with Gasteiger partial charge in [0.05, 0.1) is 12.2 Å². The van der Waals surface area contributed by atoms with E-state index < -0.39 is 0 Å². The molecule has 0 aliphatic carbocycles. The topological polar surface area (TPSA) is 50.3 Å². The molecule has 21 heavy (non-hydrogen) atoms. The Hall–Kier alpha value is -0.910. The number of rotatable bonds is 3. The van der Waals surface area contributed by atoms with E-state index in [2.05, 4.69) is 34.9 Å². The van der Waals surface area contributed by atoms with Crippen molar-refractivity contribution in [1.29, 1.82) is 0 Å². The molecule has 118 valence electrons. The molecule has 3 heterocycles. The molecule has 4 unspecified atom stereocenters. The van der Waals surface area contributed by atoms with Gasteiger partial charge in [-0.1, -0.05) is 6.42 Å². The lowest BCUT2D eigenvalue weighted by Crippen LogP contribution is -2.60. The van der Waals surface area contributed by atoms with Gasteiger partial charge >= 0.3 is 0 Å². The van der Waals surface area contributed by atoms with Crippen LogP contribution in [0, 0.1) is 0 Å². The van der Waals surface area contributed by atoms with Crippen LogP contribution >= 0.6 is 0 Å². The predicted molar refractivity (Wildman–Crippen MR) is 85.0 cm³/mol. The Morgan fingerprint density at radius 2 is 2.14 bits per heavy atom. The van der Waals surface area contributed by atoms with Gasteiger partial charge in [0.15, 0.2) is 0 Å². The average Bonchev–Trinajstić information content (AvgIpc) is 2.85. The van der Waals surface area contributed by atoms with E-state index in [1.165, 1.54) is 37.9 Å². The van der Waals surface area contributed by atoms with Crippen molar-refractivity contribution in [3.8, 4) is 0 Å². The molecule has 0 spiro atoms. The first-order chi connectivity index (χ1) is 10.1. The van der Waals surface area contributed by atoms with Gasteiger partial charge in [0.1, 0.15) is 0 Å². The van der Waals surface area contributed by atoms with Crippen LogP contribution in [-0.2, 0) is 7.05 Å². The molecule has 2 aliphatic rings. The summed E-state index contributed by atoms with van der Waals surface area (Å²) in [6.45, 7) is 8.06. The first kappa shape index (κ1) is 15.0. The van der Waals surface area contributed by atoms with Crippen LogP contribution < -0.4 is 5.73 Å². The maximum Gasteiger partial charge on any atom is 0.0538 e. The molecule has 1 aromatic heterocycles. The Morgan fingerprint density at radius 3 is 2.81 bits per heavy atom. The molecule has 1 aromatic rings. The van der Waals surface area contributed by atoms with Crippen LogP contribution in [0.3, 0.4) is 0 Å². The van der Waals surface area contributed by atoms with Gasteiger partial charge in [0.25, 0.3) is 0 Å². The maximum atomic E-state index is 6.35. The number of hydrogen-bond donors (Lipinski definition) is 1. The fourth-order valence-electron chi connectivity index (χ4n) is 4.15. The van der Waals surface area contributed by atoms with Crippen molar-refractivity contribution in [2.45, 2.75) is 57.3 Å². The van der Waals surface area contributed by atoms with E-state index in [1.54, 1.807) is 0 Å². The average molecular weight is 291 g/mol. The van der Waals surface area contributed by atoms with Gasteiger partial charge in [-0.15, -0.1) is 0 Å². The van der Waals surface area contributed by atoms with Crippen LogP contribution in [0.25, 0.3) is 0 Å². The monoisotopic (exact) mass is 291 g/mol. The number of piperazine rings is 1. The van der Waals surface area contributed by atoms with Crippen LogP contribution in [0.1, 0.15) is 44.7 Å². The van der Waals surface area contributed by atoms with Crippen LogP contribution in [0.15, 0.2) is 12.4 Å². The second-order valence-corrected chi connectivity index (χ2v) is 6.94. The summed E-state index contributed by atoms with van der Waals surface area (Å²) in [5.74, 6) is 0. The van der Waals surface area contributed by atoms with Crippen molar-refractivity contribution in [3.63, 3.8) is 0 Å². The van der Waals surface area contributed by atoms with Crippen molar-refractivity contribution in [2.75, 3.05) is 19.6 Å². The summed E-state index contributed by atoms with van der Waals surface area (Å²) >= 11 is 0. The molecule has 2 fully saturated rings. The molecular weight excluding hydrogens is 262 g/mol. The summed E-state index contributed by atoms with van der Waals surface area (Å²) in [7, 11) is 1.98. The van der Waals surface area contributed by atoms with Gasteiger partial charge in [-0.3, -0.25) is 14.5 Å². The molecule has 2 N–H and O–H groups in total. The maximum absolute atomic E-state index is 6.35. The number of fused-ring (bicyclic) bond motifs is 1. The quantitative estimate of drug-likeness (QED) is 0.914. The Morgan fingerprint density at radius 1 is 1.33 bits per heavy atom. The van der Waals surface area contributed by atoms with E-state index in [-0.39, 0.29) is 12.1 Å². The van der Waals surface area contributed by atoms with Crippen LogP contribution in [-0.4, -0.2) is 57.3 Å². The Balaban J connectivity index is 1.81. The third kappa shape index (κ3) is 3.00. The van der Waals surface area contributed by atoms with Crippen molar-refractivity contribution in [2.24, 2.45) is 12.8 Å². The Kier molecular flexibility index (Phi) is 4.33. The highest BCUT2D eigenvalue weighted by atomic mass is 15.3. The zero-order valence-corrected chi connectivity index (χ0v) is 13.6. The van der Waals surface area contributed by atoms with Crippen LogP contribution in [0.5, 0.6) is 0 Å². The van der Waals surface area contributed by atoms with Crippen molar-refractivity contribution in [3.05, 3.63) is 18.0 Å². The molecule has 5 heteroatoms. The third-order valence-corrected chi connectivity index (χ3v) is 5.16. The largest absolute Gasteiger partial charge is 0.326 e. The molecule has 0 aromatic carbocycles. The summed E-state index contributed by atoms with van der Waals surface area (Å²) in [4.78, 5) is 5.31. The third-order valence-electron chi connectivity index (χ3n) is 5.16. The predicted octanol–water partition coefficient (Wildman–Crippen LogP) is 1.37. The number of nitrogens with zero attached hydrogens (tertiary/aromatic N) is 4. The van der Waals surface area contributed by atoms with Crippen LogP contribution in [0.2, 0.25) is 0 Å². The highest BCUT2D eigenvalue weighted by Gasteiger charge is 2.38. The Bertz CT molecular complexity index is 469. The standard InChI is InChI=1S/C16H29N5/c1-12-9-20-7-5-4-6-15(20)11-21(12)16(13(2)17)14-8-18-19(3)10-14/h8,10,12-13,15-16H,4-7,9,11,17H2,1-3H3. The molecule has 3 rings (SSSR count). The lowest BCUT2D eigenvalue weighted by atomic mass is 9.93. The van der Waals surface area contributed by atoms with E-state index in [0.29, 0.717) is 12.1 Å². The molecule has 2 saturated heterocycles. The summed E-state index contributed by atoms with van der Waals surface area (Å²) in [6, 6.07) is 1.66. The van der Waals surface area contributed by atoms with Gasteiger partial charge in [0, 0.05) is 50.0 Å². The fraction of sp³-hybridized carbons (Fsp3) is 0.812. The second-order valence-electron chi connectivity index (χ2n) is 6.94. The van der Waals surface area contributed by atoms with Gasteiger partial charge in [-0.25, -0.2) is 0 Å². The summed E-state index contributed by atoms with van der Waals surface area (Å²) in [5.41, 5.74) is 7.60. The number of piperidine rings is 1. The summed E-state index contributed by atoms with van der Waals surface area (Å²) in [5, 5.41) is 4.35. The van der Waals surface area contributed by atoms with Crippen molar-refractivity contribution in [1.82, 2.24) is 19.6 Å². The first-order valence-electron chi connectivity index (χ1n) is 8.30. The molecule has 0 bridgehead atoms. The fourth-order valence-corrected chi connectivity index (χ4v) is 4.15. The molecule has 5 nitrogen and oxygen atoms in total. The lowest BCUT2D eigenvalue weighted by molar-refractivity contribution is -0.0132. The molecule has 0 amide bonds. The molecule has 0 radical (unpaired) electrons. The first-order valence-corrected chi connectivity index (χ1v) is 8.30. The number of hydrogen-bond acceptors (Lipinski definition) is 4. The van der Waals surface area contributed by atoms with E-state index in [9.17, 15) is 0 Å². The molecular formula is C16H29N5. The Labute approximate surface area is 128 Å². The van der Waals surface area contributed by atoms with E-state index in [1.807, 2.05) is 17.9 Å². The van der Waals surface area contributed by atoms with Gasteiger partial charge < -0.3 is 5.73 Å². The minimum Gasteiger partial charge on any atom is -0.326 e. The summed E-state index contributed by atoms with van der Waals surface area (Å²) in [6.07, 6.45) is 8.17. The van der Waals surface area contributed by atoms with Gasteiger partial charge in [0.2, 0.25) is 0 Å². The second kappa shape index (κ2) is 6.07. The lowest BCUT2D eigenvalue weighted by Gasteiger charge is -2.50. The van der Waals surface area contributed by atoms with E-state index in [4.69, 9.17) is 5.73 Å². The normalized spacial score (nSPS) is 30.9. The highest BCUT2D eigenvalue weighted by Crippen LogP contribution is 2.32. The molecule has 2 aliphatic heterocycles. The number of aromatic nitrogens is 2. The van der Waals surface area contributed by atoms with Gasteiger partial charge in [-0.2, -0.15) is 5.10 Å². The zero-order valence-electron chi connectivity index (χ0n) is 13.6. The number of nitrogens with two attached hydrogens (primary N) is 1. The minimum atomic E-state index is 0.117. The van der Waals surface area contributed by atoms with E-state index >= 15 is 0 Å². The minimum absolute atomic E-state index is 0.117.